The van der Waals surface area contributed by atoms with Crippen molar-refractivity contribution in [2.45, 2.75) is 42.7 Å². The normalized spacial score (nSPS) is 24.6. The van der Waals surface area contributed by atoms with Crippen LogP contribution in [0.5, 0.6) is 0 Å². The van der Waals surface area contributed by atoms with Gasteiger partial charge < -0.3 is 5.32 Å². The zero-order valence-electron chi connectivity index (χ0n) is 10.9. The Kier molecular flexibility index (Phi) is 3.36. The molecule has 1 saturated heterocycles. The van der Waals surface area contributed by atoms with Gasteiger partial charge in [0.1, 0.15) is 0 Å². The summed E-state index contributed by atoms with van der Waals surface area (Å²) < 4.78 is 27.2. The first kappa shape index (κ1) is 13.1. The zero-order chi connectivity index (χ0) is 13.3. The van der Waals surface area contributed by atoms with Crippen LogP contribution in [-0.4, -0.2) is 48.1 Å². The average Bonchev–Trinajstić information content (AvgIpc) is 2.94. The van der Waals surface area contributed by atoms with E-state index in [9.17, 15) is 8.42 Å². The minimum atomic E-state index is -3.45. The van der Waals surface area contributed by atoms with E-state index in [1.807, 2.05) is 0 Å². The Morgan fingerprint density at radius 2 is 2.05 bits per heavy atom. The Morgan fingerprint density at radius 1 is 1.26 bits per heavy atom. The van der Waals surface area contributed by atoms with E-state index in [4.69, 9.17) is 0 Å². The van der Waals surface area contributed by atoms with E-state index in [1.165, 1.54) is 18.7 Å². The molecule has 2 aliphatic rings. The van der Waals surface area contributed by atoms with Gasteiger partial charge in [-0.05, 0) is 18.9 Å². The highest BCUT2D eigenvalue weighted by Crippen LogP contribution is 2.37. The molecule has 1 spiro atoms. The summed E-state index contributed by atoms with van der Waals surface area (Å²) in [4.78, 5) is 0. The molecule has 0 aromatic carbocycles. The van der Waals surface area contributed by atoms with Crippen LogP contribution >= 0.6 is 0 Å². The van der Waals surface area contributed by atoms with E-state index < -0.39 is 10.0 Å². The van der Waals surface area contributed by atoms with Gasteiger partial charge in [0.25, 0.3) is 10.0 Å². The second kappa shape index (κ2) is 4.88. The van der Waals surface area contributed by atoms with Gasteiger partial charge in [0.05, 0.1) is 6.20 Å². The van der Waals surface area contributed by atoms with Crippen molar-refractivity contribution in [2.24, 2.45) is 0 Å². The SMILES string of the molecule is O=S(=O)(c1ccn[nH]1)N1CCNCC12CCCCC2. The Morgan fingerprint density at radius 3 is 2.74 bits per heavy atom. The quantitative estimate of drug-likeness (QED) is 0.838. The van der Waals surface area contributed by atoms with Gasteiger partial charge in [-0.25, -0.2) is 8.42 Å². The molecule has 0 bridgehead atoms. The minimum Gasteiger partial charge on any atom is -0.314 e. The molecule has 106 valence electrons. The highest BCUT2D eigenvalue weighted by atomic mass is 32.2. The summed E-state index contributed by atoms with van der Waals surface area (Å²) in [5.74, 6) is 0. The molecular formula is C12H20N4O2S. The fourth-order valence-electron chi connectivity index (χ4n) is 3.34. The van der Waals surface area contributed by atoms with Crippen LogP contribution < -0.4 is 5.32 Å². The van der Waals surface area contributed by atoms with Crippen molar-refractivity contribution >= 4 is 10.0 Å². The third-order valence-corrected chi connectivity index (χ3v) is 6.24. The van der Waals surface area contributed by atoms with E-state index in [0.717, 1.165) is 38.8 Å². The molecule has 1 aromatic heterocycles. The number of nitrogens with zero attached hydrogens (tertiary/aromatic N) is 2. The van der Waals surface area contributed by atoms with Crippen LogP contribution in [0, 0.1) is 0 Å². The maximum absolute atomic E-state index is 12.7. The Hall–Kier alpha value is -0.920. The van der Waals surface area contributed by atoms with Crippen molar-refractivity contribution in [1.82, 2.24) is 19.8 Å². The summed E-state index contributed by atoms with van der Waals surface area (Å²) in [6, 6.07) is 1.54. The van der Waals surface area contributed by atoms with Crippen LogP contribution in [-0.2, 0) is 10.0 Å². The molecular weight excluding hydrogens is 264 g/mol. The lowest BCUT2D eigenvalue weighted by Crippen LogP contribution is -2.63. The van der Waals surface area contributed by atoms with Crippen molar-refractivity contribution in [3.63, 3.8) is 0 Å². The van der Waals surface area contributed by atoms with Crippen LogP contribution in [0.15, 0.2) is 17.3 Å². The summed E-state index contributed by atoms with van der Waals surface area (Å²) in [6.07, 6.45) is 6.82. The van der Waals surface area contributed by atoms with Gasteiger partial charge in [-0.3, -0.25) is 5.10 Å². The van der Waals surface area contributed by atoms with Crippen LogP contribution in [0.4, 0.5) is 0 Å². The molecule has 1 aliphatic carbocycles. The lowest BCUT2D eigenvalue weighted by molar-refractivity contribution is 0.101. The second-order valence-electron chi connectivity index (χ2n) is 5.46. The van der Waals surface area contributed by atoms with Gasteiger partial charge in [0.2, 0.25) is 0 Å². The van der Waals surface area contributed by atoms with Crippen molar-refractivity contribution < 1.29 is 8.42 Å². The largest absolute Gasteiger partial charge is 0.314 e. The number of hydrogen-bond donors (Lipinski definition) is 2. The standard InChI is InChI=1S/C12H20N4O2S/c17-19(18,11-4-7-14-15-11)16-9-8-13-10-12(16)5-2-1-3-6-12/h4,7,13H,1-3,5-6,8-10H2,(H,14,15). The number of H-pyrrole nitrogens is 1. The molecule has 2 N–H and O–H groups in total. The lowest BCUT2D eigenvalue weighted by atomic mass is 9.80. The number of sulfonamides is 1. The van der Waals surface area contributed by atoms with E-state index in [2.05, 4.69) is 15.5 Å². The molecule has 1 saturated carbocycles. The van der Waals surface area contributed by atoms with Crippen LogP contribution in [0.1, 0.15) is 32.1 Å². The summed E-state index contributed by atoms with van der Waals surface area (Å²) in [5.41, 5.74) is -0.236. The van der Waals surface area contributed by atoms with Crippen LogP contribution in [0.3, 0.4) is 0 Å². The molecule has 3 rings (SSSR count). The first-order valence-electron chi connectivity index (χ1n) is 6.88. The van der Waals surface area contributed by atoms with Gasteiger partial charge >= 0.3 is 0 Å². The summed E-state index contributed by atoms with van der Waals surface area (Å²) >= 11 is 0. The number of piperazine rings is 1. The fourth-order valence-corrected chi connectivity index (χ4v) is 5.07. The molecule has 0 radical (unpaired) electrons. The van der Waals surface area contributed by atoms with E-state index >= 15 is 0 Å². The number of hydrogen-bond acceptors (Lipinski definition) is 4. The molecule has 0 amide bonds. The third-order valence-electron chi connectivity index (χ3n) is 4.30. The minimum absolute atomic E-state index is 0.208. The van der Waals surface area contributed by atoms with E-state index in [-0.39, 0.29) is 10.6 Å². The van der Waals surface area contributed by atoms with Crippen molar-refractivity contribution in [2.75, 3.05) is 19.6 Å². The molecule has 7 heteroatoms. The zero-order valence-corrected chi connectivity index (χ0v) is 11.7. The first-order valence-corrected chi connectivity index (χ1v) is 8.32. The van der Waals surface area contributed by atoms with Gasteiger partial charge in [-0.1, -0.05) is 19.3 Å². The van der Waals surface area contributed by atoms with Gasteiger partial charge in [0.15, 0.2) is 5.03 Å². The van der Waals surface area contributed by atoms with E-state index in [0.29, 0.717) is 6.54 Å². The number of rotatable bonds is 2. The summed E-state index contributed by atoms with van der Waals surface area (Å²) in [7, 11) is -3.45. The molecule has 1 aliphatic heterocycles. The van der Waals surface area contributed by atoms with Crippen molar-refractivity contribution in [3.05, 3.63) is 12.3 Å². The molecule has 0 atom stereocenters. The number of nitrogens with one attached hydrogen (secondary N) is 2. The van der Waals surface area contributed by atoms with Crippen molar-refractivity contribution in [1.29, 1.82) is 0 Å². The molecule has 6 nitrogen and oxygen atoms in total. The molecule has 1 aromatic rings. The highest BCUT2D eigenvalue weighted by molar-refractivity contribution is 7.89. The molecule has 2 heterocycles. The Balaban J connectivity index is 1.96. The van der Waals surface area contributed by atoms with Crippen LogP contribution in [0.25, 0.3) is 0 Å². The third kappa shape index (κ3) is 2.19. The molecule has 2 fully saturated rings. The Labute approximate surface area is 113 Å². The topological polar surface area (TPSA) is 78.1 Å². The number of aromatic amines is 1. The highest BCUT2D eigenvalue weighted by Gasteiger charge is 2.46. The first-order chi connectivity index (χ1) is 9.15. The predicted molar refractivity (Wildman–Crippen MR) is 71.2 cm³/mol. The summed E-state index contributed by atoms with van der Waals surface area (Å²) in [6.45, 7) is 2.02. The monoisotopic (exact) mass is 284 g/mol. The maximum Gasteiger partial charge on any atom is 0.260 e. The lowest BCUT2D eigenvalue weighted by Gasteiger charge is -2.48. The van der Waals surface area contributed by atoms with Crippen molar-refractivity contribution in [3.8, 4) is 0 Å². The Bertz CT molecular complexity index is 512. The summed E-state index contributed by atoms with van der Waals surface area (Å²) in [5, 5.41) is 9.94. The van der Waals surface area contributed by atoms with E-state index in [1.54, 1.807) is 4.31 Å². The smallest absolute Gasteiger partial charge is 0.260 e. The molecule has 0 unspecified atom stereocenters. The van der Waals surface area contributed by atoms with Gasteiger partial charge in [-0.15, -0.1) is 0 Å². The fraction of sp³-hybridized carbons (Fsp3) is 0.750. The molecule has 19 heavy (non-hydrogen) atoms. The van der Waals surface area contributed by atoms with Crippen LogP contribution in [0.2, 0.25) is 0 Å². The second-order valence-corrected chi connectivity index (χ2v) is 7.29. The predicted octanol–water partition coefficient (Wildman–Crippen LogP) is 0.706. The number of aromatic nitrogens is 2. The maximum atomic E-state index is 12.7. The van der Waals surface area contributed by atoms with Gasteiger partial charge in [0, 0.05) is 25.2 Å². The van der Waals surface area contributed by atoms with Gasteiger partial charge in [-0.2, -0.15) is 9.40 Å². The average molecular weight is 284 g/mol.